The Morgan fingerprint density at radius 1 is 1.15 bits per heavy atom. The molecule has 9 nitrogen and oxygen atoms in total. The summed E-state index contributed by atoms with van der Waals surface area (Å²) in [5.74, 6) is -1.05. The first-order valence-corrected chi connectivity index (χ1v) is 18.2. The van der Waals surface area contributed by atoms with Crippen LogP contribution in [0.15, 0.2) is 58.0 Å². The summed E-state index contributed by atoms with van der Waals surface area (Å²) < 4.78 is 61.2. The lowest BCUT2D eigenvalue weighted by Crippen LogP contribution is -2.45. The number of hydrogen-bond donors (Lipinski definition) is 1. The number of thiazole rings is 1. The minimum Gasteiger partial charge on any atom is -0.748 e. The van der Waals surface area contributed by atoms with Crippen LogP contribution in [0, 0.1) is 6.92 Å². The van der Waals surface area contributed by atoms with Crippen molar-refractivity contribution in [3.05, 3.63) is 68.7 Å². The summed E-state index contributed by atoms with van der Waals surface area (Å²) in [4.78, 5) is 15.8. The average Bonchev–Trinajstić information content (AvgIpc) is 3.36. The van der Waals surface area contributed by atoms with Crippen LogP contribution in [0.5, 0.6) is 0 Å². The van der Waals surface area contributed by atoms with Crippen molar-refractivity contribution in [2.24, 2.45) is 0 Å². The number of benzene rings is 2. The van der Waals surface area contributed by atoms with Gasteiger partial charge in [0.1, 0.15) is 4.70 Å². The first kappa shape index (κ1) is 31.5. The lowest BCUT2D eigenvalue weighted by atomic mass is 10.1. The van der Waals surface area contributed by atoms with E-state index < -0.39 is 31.8 Å². The lowest BCUT2D eigenvalue weighted by Gasteiger charge is -2.21. The van der Waals surface area contributed by atoms with Crippen molar-refractivity contribution in [3.8, 4) is 0 Å². The molecule has 220 valence electrons. The molecule has 1 aromatic heterocycles. The van der Waals surface area contributed by atoms with Crippen LogP contribution in [-0.4, -0.2) is 45.8 Å². The first-order chi connectivity index (χ1) is 19.2. The van der Waals surface area contributed by atoms with Crippen molar-refractivity contribution in [1.29, 1.82) is 0 Å². The van der Waals surface area contributed by atoms with Gasteiger partial charge in [0.25, 0.3) is 10.9 Å². The van der Waals surface area contributed by atoms with E-state index in [4.69, 9.17) is 11.6 Å². The van der Waals surface area contributed by atoms with Crippen LogP contribution in [0.4, 0.5) is 5.69 Å². The highest BCUT2D eigenvalue weighted by atomic mass is 35.5. The van der Waals surface area contributed by atoms with Crippen LogP contribution < -0.4 is 14.2 Å². The number of nitrogens with one attached hydrogen (secondary N) is 1. The second-order valence-electron chi connectivity index (χ2n) is 9.69. The number of anilines is 1. The van der Waals surface area contributed by atoms with Gasteiger partial charge < -0.3 is 9.45 Å². The second-order valence-corrected chi connectivity index (χ2v) is 15.5. The van der Waals surface area contributed by atoms with Crippen molar-refractivity contribution in [1.82, 2.24) is 4.72 Å². The normalized spacial score (nSPS) is 15.1. The molecule has 1 N–H and O–H groups in total. The fraction of sp³-hybridized carbons (Fsp3) is 0.333. The third-order valence-electron chi connectivity index (χ3n) is 6.23. The van der Waals surface area contributed by atoms with Crippen molar-refractivity contribution in [3.63, 3.8) is 0 Å². The Kier molecular flexibility index (Phi) is 9.87. The number of aromatic nitrogens is 1. The van der Waals surface area contributed by atoms with Gasteiger partial charge in [0.15, 0.2) is 0 Å². The molecule has 0 saturated carbocycles. The molecule has 0 aliphatic carbocycles. The molecule has 0 fully saturated rings. The zero-order valence-electron chi connectivity index (χ0n) is 22.7. The maximum Gasteiger partial charge on any atom is 0.299 e. The molecule has 0 bridgehead atoms. The number of thioether (sulfide) groups is 1. The highest BCUT2D eigenvalue weighted by Crippen LogP contribution is 2.47. The lowest BCUT2D eigenvalue weighted by molar-refractivity contribution is -0.655. The smallest absolute Gasteiger partial charge is 0.299 e. The number of amides is 1. The van der Waals surface area contributed by atoms with Crippen LogP contribution in [0.2, 0.25) is 5.02 Å². The molecule has 3 aromatic rings. The van der Waals surface area contributed by atoms with Gasteiger partial charge in [-0.05, 0) is 67.7 Å². The van der Waals surface area contributed by atoms with Gasteiger partial charge in [0, 0.05) is 34.4 Å². The molecule has 41 heavy (non-hydrogen) atoms. The molecule has 0 saturated heterocycles. The van der Waals surface area contributed by atoms with Crippen molar-refractivity contribution in [2.45, 2.75) is 44.6 Å². The number of rotatable bonds is 11. The van der Waals surface area contributed by atoms with Crippen molar-refractivity contribution < 1.29 is 30.7 Å². The molecule has 0 unspecified atom stereocenters. The number of nitrogens with zero attached hydrogens (tertiary/aromatic N) is 2. The van der Waals surface area contributed by atoms with E-state index in [0.717, 1.165) is 42.7 Å². The number of aryl methyl sites for hydroxylation is 1. The summed E-state index contributed by atoms with van der Waals surface area (Å²) in [6.45, 7) is 4.38. The molecule has 1 aliphatic heterocycles. The third-order valence-corrected chi connectivity index (χ3v) is 10.1. The fourth-order valence-electron chi connectivity index (χ4n) is 4.39. The van der Waals surface area contributed by atoms with E-state index in [-0.39, 0.29) is 13.0 Å². The molecule has 2 heterocycles. The molecule has 1 amide bonds. The summed E-state index contributed by atoms with van der Waals surface area (Å²) in [7, 11) is -7.98. The van der Waals surface area contributed by atoms with E-state index >= 15 is 0 Å². The molecule has 4 rings (SSSR count). The van der Waals surface area contributed by atoms with Gasteiger partial charge in [-0.15, -0.1) is 0 Å². The highest BCUT2D eigenvalue weighted by molar-refractivity contribution is 8.03. The Bertz CT molecular complexity index is 1760. The molecule has 0 atom stereocenters. The molecule has 1 aliphatic rings. The molecule has 14 heteroatoms. The Balaban J connectivity index is 1.71. The SMILES string of the molecule is CCC(=Cc1sc2ccc(Cl)cc2[n+]1CC(=O)NS(C)(=O)=O)C=C1Sc2ccc(C)cc2N1CCCCS(=O)(=O)[O-]. The van der Waals surface area contributed by atoms with Crippen LogP contribution in [0.3, 0.4) is 0 Å². The summed E-state index contributed by atoms with van der Waals surface area (Å²) in [5.41, 5.74) is 3.82. The summed E-state index contributed by atoms with van der Waals surface area (Å²) in [6, 6.07) is 11.6. The number of fused-ring (bicyclic) bond motifs is 2. The standard InChI is InChI=1S/C27H30ClN3O6S4/c1-4-19(14-26-30(11-5-6-12-41(35,36)37)21-13-18(2)7-9-23(21)38-26)15-27-31(17-25(32)29-40(3,33)34)22-16-20(28)8-10-24(22)39-27/h7-10,13-16H,4-6,11-12,17H2,1-3H3,(H-,29,32,35,36,37). The summed E-state index contributed by atoms with van der Waals surface area (Å²) in [6.07, 6.45) is 6.47. The van der Waals surface area contributed by atoms with E-state index in [2.05, 4.69) is 23.1 Å². The third kappa shape index (κ3) is 8.55. The number of carbonyl (C=O) groups is 1. The van der Waals surface area contributed by atoms with Gasteiger partial charge in [-0.3, -0.25) is 4.79 Å². The topological polar surface area (TPSA) is 128 Å². The molecule has 0 radical (unpaired) electrons. The van der Waals surface area contributed by atoms with Gasteiger partial charge >= 0.3 is 0 Å². The van der Waals surface area contributed by atoms with Gasteiger partial charge in [-0.25, -0.2) is 21.6 Å². The molecular weight excluding hydrogens is 626 g/mol. The minimum absolute atomic E-state index is 0.207. The van der Waals surface area contributed by atoms with Gasteiger partial charge in [-0.1, -0.05) is 47.7 Å². The Labute approximate surface area is 253 Å². The van der Waals surface area contributed by atoms with Crippen molar-refractivity contribution >= 4 is 82.7 Å². The zero-order chi connectivity index (χ0) is 29.9. The summed E-state index contributed by atoms with van der Waals surface area (Å²) in [5, 5.41) is 2.22. The number of sulfonamides is 1. The Morgan fingerprint density at radius 3 is 2.59 bits per heavy atom. The second kappa shape index (κ2) is 12.8. The van der Waals surface area contributed by atoms with E-state index in [0.29, 0.717) is 29.9 Å². The van der Waals surface area contributed by atoms with Crippen LogP contribution in [0.1, 0.15) is 36.8 Å². The van der Waals surface area contributed by atoms with E-state index in [1.807, 2.05) is 36.8 Å². The number of allylic oxidation sites excluding steroid dienone is 2. The van der Waals surface area contributed by atoms with Crippen LogP contribution in [-0.2, 0) is 31.5 Å². The van der Waals surface area contributed by atoms with E-state index in [1.165, 1.54) is 11.3 Å². The Hall–Kier alpha value is -2.42. The van der Waals surface area contributed by atoms with Crippen molar-refractivity contribution in [2.75, 3.05) is 23.5 Å². The largest absolute Gasteiger partial charge is 0.748 e. The van der Waals surface area contributed by atoms with E-state index in [9.17, 15) is 26.2 Å². The molecule has 0 spiro atoms. The predicted octanol–water partition coefficient (Wildman–Crippen LogP) is 4.80. The maximum atomic E-state index is 12.6. The number of hydrogen-bond acceptors (Lipinski definition) is 9. The molecule has 2 aromatic carbocycles. The van der Waals surface area contributed by atoms with E-state index in [1.54, 1.807) is 28.5 Å². The first-order valence-electron chi connectivity index (χ1n) is 12.8. The number of carbonyl (C=O) groups excluding carboxylic acids is 1. The zero-order valence-corrected chi connectivity index (χ0v) is 26.7. The summed E-state index contributed by atoms with van der Waals surface area (Å²) >= 11 is 9.33. The number of halogens is 1. The van der Waals surface area contributed by atoms with Gasteiger partial charge in [-0.2, -0.15) is 4.57 Å². The van der Waals surface area contributed by atoms with Gasteiger partial charge in [0.05, 0.1) is 27.1 Å². The van der Waals surface area contributed by atoms with Gasteiger partial charge in [0.2, 0.25) is 22.1 Å². The fourth-order valence-corrected chi connectivity index (χ4v) is 7.85. The predicted molar refractivity (Wildman–Crippen MR) is 165 cm³/mol. The molecular formula is C27H30ClN3O6S4. The maximum absolute atomic E-state index is 12.6. The monoisotopic (exact) mass is 655 g/mol. The van der Waals surface area contributed by atoms with Crippen LogP contribution in [0.25, 0.3) is 16.3 Å². The quantitative estimate of drug-likeness (QED) is 0.177. The number of unbranched alkanes of at least 4 members (excludes halogenated alkanes) is 1. The minimum atomic E-state index is -4.26. The Morgan fingerprint density at radius 2 is 1.90 bits per heavy atom. The average molecular weight is 656 g/mol. The van der Waals surface area contributed by atoms with Crippen LogP contribution >= 0.6 is 34.7 Å². The highest BCUT2D eigenvalue weighted by Gasteiger charge is 2.27.